The van der Waals surface area contributed by atoms with Crippen molar-refractivity contribution in [1.29, 1.82) is 0 Å². The summed E-state index contributed by atoms with van der Waals surface area (Å²) in [5, 5.41) is 3.31. The van der Waals surface area contributed by atoms with E-state index in [0.717, 1.165) is 64.6 Å². The van der Waals surface area contributed by atoms with Crippen molar-refractivity contribution in [1.82, 2.24) is 15.1 Å². The Labute approximate surface area is 192 Å². The van der Waals surface area contributed by atoms with Crippen LogP contribution in [0.3, 0.4) is 0 Å². The Bertz CT molecular complexity index is 815. The van der Waals surface area contributed by atoms with E-state index < -0.39 is 0 Å². The Morgan fingerprint density at radius 1 is 0.969 bits per heavy atom. The van der Waals surface area contributed by atoms with Crippen LogP contribution in [0.5, 0.6) is 0 Å². The van der Waals surface area contributed by atoms with E-state index in [9.17, 15) is 4.79 Å². The van der Waals surface area contributed by atoms with Crippen LogP contribution in [-0.2, 0) is 16.0 Å². The first-order valence-corrected chi connectivity index (χ1v) is 12.1. The molecule has 0 saturated carbocycles. The molecular formula is C27H37N3O2. The Morgan fingerprint density at radius 3 is 2.25 bits per heavy atom. The third kappa shape index (κ3) is 6.41. The van der Waals surface area contributed by atoms with Gasteiger partial charge in [-0.2, -0.15) is 0 Å². The molecule has 5 nitrogen and oxygen atoms in total. The second-order valence-corrected chi connectivity index (χ2v) is 9.27. The maximum Gasteiger partial charge on any atom is 0.234 e. The van der Waals surface area contributed by atoms with Gasteiger partial charge in [-0.3, -0.25) is 14.6 Å². The second kappa shape index (κ2) is 11.6. The summed E-state index contributed by atoms with van der Waals surface area (Å²) in [5.74, 6) is 0.854. The van der Waals surface area contributed by atoms with Crippen molar-refractivity contribution in [3.8, 4) is 0 Å². The molecule has 0 radical (unpaired) electrons. The molecule has 2 heterocycles. The number of ether oxygens (including phenoxy) is 1. The lowest BCUT2D eigenvalue weighted by Crippen LogP contribution is -2.50. The third-order valence-corrected chi connectivity index (χ3v) is 6.88. The average molecular weight is 436 g/mol. The minimum atomic E-state index is 0.0404. The van der Waals surface area contributed by atoms with Gasteiger partial charge in [0, 0.05) is 19.1 Å². The summed E-state index contributed by atoms with van der Waals surface area (Å²) in [6, 6.07) is 21.5. The molecule has 2 aliphatic rings. The van der Waals surface area contributed by atoms with Gasteiger partial charge in [-0.25, -0.2) is 0 Å². The average Bonchev–Trinajstić information content (AvgIpc) is 2.82. The highest BCUT2D eigenvalue weighted by molar-refractivity contribution is 5.78. The maximum absolute atomic E-state index is 12.9. The lowest BCUT2D eigenvalue weighted by Gasteiger charge is -2.39. The number of nitrogens with zero attached hydrogens (tertiary/aromatic N) is 2. The van der Waals surface area contributed by atoms with Crippen molar-refractivity contribution in [2.24, 2.45) is 5.92 Å². The quantitative estimate of drug-likeness (QED) is 0.689. The largest absolute Gasteiger partial charge is 0.379 e. The molecule has 2 aromatic rings. The highest BCUT2D eigenvalue weighted by Crippen LogP contribution is 2.26. The lowest BCUT2D eigenvalue weighted by atomic mass is 9.90. The van der Waals surface area contributed by atoms with Gasteiger partial charge in [0.25, 0.3) is 0 Å². The number of nitrogens with one attached hydrogen (secondary N) is 1. The fraction of sp³-hybridized carbons (Fsp3) is 0.519. The van der Waals surface area contributed by atoms with Crippen LogP contribution in [0.15, 0.2) is 60.7 Å². The molecule has 5 heteroatoms. The molecule has 1 N–H and O–H groups in total. The lowest BCUT2D eigenvalue weighted by molar-refractivity contribution is -0.123. The Balaban J connectivity index is 1.28. The van der Waals surface area contributed by atoms with Crippen LogP contribution in [0.4, 0.5) is 0 Å². The first kappa shape index (κ1) is 23.0. The highest BCUT2D eigenvalue weighted by Gasteiger charge is 2.29. The van der Waals surface area contributed by atoms with Crippen LogP contribution in [0, 0.1) is 5.92 Å². The molecule has 172 valence electrons. The van der Waals surface area contributed by atoms with Gasteiger partial charge in [-0.1, -0.05) is 60.7 Å². The number of hydrogen-bond acceptors (Lipinski definition) is 4. The molecule has 2 fully saturated rings. The minimum Gasteiger partial charge on any atom is -0.379 e. The summed E-state index contributed by atoms with van der Waals surface area (Å²) in [6.07, 6.45) is 3.48. The van der Waals surface area contributed by atoms with E-state index in [4.69, 9.17) is 4.74 Å². The van der Waals surface area contributed by atoms with E-state index in [1.807, 2.05) is 6.07 Å². The van der Waals surface area contributed by atoms with Crippen LogP contribution in [0.1, 0.15) is 36.9 Å². The van der Waals surface area contributed by atoms with Crippen LogP contribution in [0.25, 0.3) is 0 Å². The summed E-state index contributed by atoms with van der Waals surface area (Å²) in [6.45, 7) is 7.94. The van der Waals surface area contributed by atoms with Gasteiger partial charge >= 0.3 is 0 Å². The normalized spacial score (nSPS) is 20.5. The number of hydrogen-bond donors (Lipinski definition) is 1. The summed E-state index contributed by atoms with van der Waals surface area (Å²) >= 11 is 0. The van der Waals surface area contributed by atoms with Crippen LogP contribution in [-0.4, -0.2) is 67.7 Å². The smallest absolute Gasteiger partial charge is 0.234 e. The van der Waals surface area contributed by atoms with Crippen LogP contribution in [0.2, 0.25) is 0 Å². The van der Waals surface area contributed by atoms with Gasteiger partial charge in [-0.15, -0.1) is 0 Å². The molecule has 2 unspecified atom stereocenters. The van der Waals surface area contributed by atoms with Crippen molar-refractivity contribution in [2.75, 3.05) is 45.9 Å². The van der Waals surface area contributed by atoms with Gasteiger partial charge < -0.3 is 10.1 Å². The van der Waals surface area contributed by atoms with Gasteiger partial charge in [0.2, 0.25) is 5.91 Å². The number of carbonyl (C=O) groups excluding carboxylic acids is 1. The molecule has 0 aromatic heterocycles. The number of morpholine rings is 1. The minimum absolute atomic E-state index is 0.0404. The number of amides is 1. The van der Waals surface area contributed by atoms with E-state index >= 15 is 0 Å². The standard InChI is InChI=1S/C27H37N3O2/c1-22(27(25-10-6-3-7-11-25)30-16-18-32-19-17-30)28-26(31)21-29-14-12-24(13-15-29)20-23-8-4-2-5-9-23/h2-11,22,24,27H,12-21H2,1H3,(H,28,31). The Morgan fingerprint density at radius 2 is 1.59 bits per heavy atom. The van der Waals surface area contributed by atoms with E-state index in [1.54, 1.807) is 0 Å². The third-order valence-electron chi connectivity index (χ3n) is 6.88. The van der Waals surface area contributed by atoms with Gasteiger partial charge in [0.1, 0.15) is 0 Å². The maximum atomic E-state index is 12.9. The topological polar surface area (TPSA) is 44.8 Å². The molecule has 0 spiro atoms. The summed E-state index contributed by atoms with van der Waals surface area (Å²) in [4.78, 5) is 17.7. The first-order chi connectivity index (χ1) is 15.7. The molecule has 0 bridgehead atoms. The van der Waals surface area contributed by atoms with E-state index in [-0.39, 0.29) is 18.0 Å². The van der Waals surface area contributed by atoms with Gasteiger partial charge in [-0.05, 0) is 56.3 Å². The SMILES string of the molecule is CC(NC(=O)CN1CCC(Cc2ccccc2)CC1)C(c1ccccc1)N1CCOCC1. The van der Waals surface area contributed by atoms with Crippen molar-refractivity contribution in [2.45, 2.75) is 38.3 Å². The number of benzene rings is 2. The predicted molar refractivity (Wildman–Crippen MR) is 128 cm³/mol. The van der Waals surface area contributed by atoms with Crippen LogP contribution >= 0.6 is 0 Å². The summed E-state index contributed by atoms with van der Waals surface area (Å²) < 4.78 is 5.56. The van der Waals surface area contributed by atoms with Crippen molar-refractivity contribution in [3.63, 3.8) is 0 Å². The zero-order valence-corrected chi connectivity index (χ0v) is 19.3. The molecule has 2 atom stereocenters. The fourth-order valence-electron chi connectivity index (χ4n) is 5.20. The molecular weight excluding hydrogens is 398 g/mol. The molecule has 4 rings (SSSR count). The van der Waals surface area contributed by atoms with Crippen molar-refractivity contribution >= 4 is 5.91 Å². The predicted octanol–water partition coefficient (Wildman–Crippen LogP) is 3.52. The number of piperidine rings is 1. The first-order valence-electron chi connectivity index (χ1n) is 12.1. The number of carbonyl (C=O) groups is 1. The monoisotopic (exact) mass is 435 g/mol. The number of likely N-dealkylation sites (tertiary alicyclic amines) is 1. The molecule has 1 amide bonds. The van der Waals surface area contributed by atoms with Crippen molar-refractivity contribution < 1.29 is 9.53 Å². The van der Waals surface area contributed by atoms with Gasteiger partial charge in [0.05, 0.1) is 25.8 Å². The molecule has 2 aromatic carbocycles. The van der Waals surface area contributed by atoms with Crippen molar-refractivity contribution in [3.05, 3.63) is 71.8 Å². The van der Waals surface area contributed by atoms with E-state index in [2.05, 4.69) is 76.6 Å². The summed E-state index contributed by atoms with van der Waals surface area (Å²) in [7, 11) is 0. The van der Waals surface area contributed by atoms with E-state index in [0.29, 0.717) is 6.54 Å². The van der Waals surface area contributed by atoms with E-state index in [1.165, 1.54) is 11.1 Å². The molecule has 2 saturated heterocycles. The fourth-order valence-corrected chi connectivity index (χ4v) is 5.20. The van der Waals surface area contributed by atoms with Crippen LogP contribution < -0.4 is 5.32 Å². The van der Waals surface area contributed by atoms with Gasteiger partial charge in [0.15, 0.2) is 0 Å². The highest BCUT2D eigenvalue weighted by atomic mass is 16.5. The number of rotatable bonds is 8. The second-order valence-electron chi connectivity index (χ2n) is 9.27. The molecule has 0 aliphatic carbocycles. The molecule has 2 aliphatic heterocycles. The zero-order valence-electron chi connectivity index (χ0n) is 19.3. The zero-order chi connectivity index (χ0) is 22.2. The molecule has 32 heavy (non-hydrogen) atoms. The summed E-state index contributed by atoms with van der Waals surface area (Å²) in [5.41, 5.74) is 2.68. The Kier molecular flexibility index (Phi) is 8.32. The Hall–Kier alpha value is -2.21.